The highest BCUT2D eigenvalue weighted by Gasteiger charge is 2.06. The van der Waals surface area contributed by atoms with E-state index in [0.717, 1.165) is 0 Å². The Morgan fingerprint density at radius 3 is 2.33 bits per heavy atom. The van der Waals surface area contributed by atoms with Crippen molar-refractivity contribution < 1.29 is 24.2 Å². The van der Waals surface area contributed by atoms with Gasteiger partial charge in [-0.1, -0.05) is 0 Å². The quantitative estimate of drug-likeness (QED) is 0.161. The molecule has 0 aliphatic heterocycles. The van der Waals surface area contributed by atoms with Gasteiger partial charge < -0.3 is 21.3 Å². The topological polar surface area (TPSA) is 145 Å². The number of hydrogen-bond acceptors (Lipinski definition) is 5. The Balaban J connectivity index is 4.03. The summed E-state index contributed by atoms with van der Waals surface area (Å²) in [5.41, 5.74) is 9.83. The highest BCUT2D eigenvalue weighted by Crippen LogP contribution is 1.85. The summed E-state index contributed by atoms with van der Waals surface area (Å²) in [6.45, 7) is -0.505. The maximum Gasteiger partial charge on any atom is 0.338 e. The lowest BCUT2D eigenvalue weighted by molar-refractivity contribution is -0.155. The van der Waals surface area contributed by atoms with Crippen LogP contribution in [0.2, 0.25) is 0 Å². The van der Waals surface area contributed by atoms with Crippen molar-refractivity contribution in [2.24, 2.45) is 16.5 Å². The number of carbonyl (C=O) groups is 3. The molecule has 8 nitrogen and oxygen atoms in total. The van der Waals surface area contributed by atoms with Gasteiger partial charge in [-0.15, -0.1) is 0 Å². The number of nitrogens with zero attached hydrogens (tertiary/aromatic N) is 1. The molecule has 5 N–H and O–H groups in total. The predicted molar refractivity (Wildman–Crippen MR) is 48.6 cm³/mol. The zero-order valence-corrected chi connectivity index (χ0v) is 7.54. The second-order valence-electron chi connectivity index (χ2n) is 2.21. The Morgan fingerprint density at radius 2 is 1.87 bits per heavy atom. The Morgan fingerprint density at radius 1 is 1.27 bits per heavy atom. The number of aliphatic carboxylic acids is 1. The molecule has 0 aromatic carbocycles. The first-order valence-corrected chi connectivity index (χ1v) is 3.63. The molecule has 8 heteroatoms. The van der Waals surface area contributed by atoms with E-state index in [1.165, 1.54) is 0 Å². The molecule has 0 aromatic heterocycles. The number of carbonyl (C=O) groups excluding carboxylic acids is 2. The van der Waals surface area contributed by atoms with Crippen LogP contribution in [0.25, 0.3) is 0 Å². The molecule has 0 aliphatic carbocycles. The molecule has 0 atom stereocenters. The van der Waals surface area contributed by atoms with E-state index < -0.39 is 24.5 Å². The molecule has 0 heterocycles. The maximum atomic E-state index is 10.8. The minimum atomic E-state index is -1.33. The molecule has 0 fully saturated rings. The van der Waals surface area contributed by atoms with Crippen molar-refractivity contribution in [2.75, 3.05) is 6.54 Å². The molecule has 0 aliphatic rings. The van der Waals surface area contributed by atoms with Crippen LogP contribution in [-0.4, -0.2) is 35.5 Å². The van der Waals surface area contributed by atoms with Crippen LogP contribution in [0.5, 0.6) is 0 Å². The number of carboxylic acid groups (broad SMARTS) is 1. The molecule has 0 radical (unpaired) electrons. The third kappa shape index (κ3) is 7.96. The highest BCUT2D eigenvalue weighted by atomic mass is 16.6. The minimum absolute atomic E-state index is 0.319. The Labute approximate surface area is 84.2 Å². The summed E-state index contributed by atoms with van der Waals surface area (Å²) in [7, 11) is 0. The molecule has 82 valence electrons. The molecule has 15 heavy (non-hydrogen) atoms. The molecule has 0 aromatic rings. The summed E-state index contributed by atoms with van der Waals surface area (Å²) in [5.74, 6) is -3.74. The van der Waals surface area contributed by atoms with Gasteiger partial charge in [-0.2, -0.15) is 0 Å². The van der Waals surface area contributed by atoms with Gasteiger partial charge in [0.15, 0.2) is 5.96 Å². The normalized spacial score (nSPS) is 9.60. The van der Waals surface area contributed by atoms with E-state index in [0.29, 0.717) is 12.2 Å². The number of guanidine groups is 1. The van der Waals surface area contributed by atoms with Gasteiger partial charge in [0.1, 0.15) is 6.54 Å². The highest BCUT2D eigenvalue weighted by molar-refractivity contribution is 5.96. The molecular weight excluding hydrogens is 206 g/mol. The van der Waals surface area contributed by atoms with E-state index in [1.807, 2.05) is 0 Å². The van der Waals surface area contributed by atoms with Gasteiger partial charge in [-0.25, -0.2) is 19.4 Å². The van der Waals surface area contributed by atoms with Gasteiger partial charge in [-0.3, -0.25) is 0 Å². The minimum Gasteiger partial charge on any atom is -0.478 e. The number of esters is 2. The van der Waals surface area contributed by atoms with Crippen LogP contribution < -0.4 is 11.5 Å². The van der Waals surface area contributed by atoms with E-state index in [4.69, 9.17) is 16.6 Å². The summed E-state index contributed by atoms with van der Waals surface area (Å²) in [6.07, 6.45) is 1.13. The van der Waals surface area contributed by atoms with Crippen molar-refractivity contribution in [3.8, 4) is 0 Å². The second-order valence-corrected chi connectivity index (χ2v) is 2.21. The third-order valence-corrected chi connectivity index (χ3v) is 0.967. The first-order valence-electron chi connectivity index (χ1n) is 3.63. The number of aliphatic imine (C=N–C) groups is 1. The van der Waals surface area contributed by atoms with Crippen molar-refractivity contribution in [1.82, 2.24) is 0 Å². The van der Waals surface area contributed by atoms with Crippen molar-refractivity contribution in [1.29, 1.82) is 0 Å². The van der Waals surface area contributed by atoms with Gasteiger partial charge in [0.25, 0.3) is 0 Å². The fraction of sp³-hybridized carbons (Fsp3) is 0.143. The van der Waals surface area contributed by atoms with Gasteiger partial charge >= 0.3 is 17.9 Å². The van der Waals surface area contributed by atoms with E-state index in [2.05, 4.69) is 9.73 Å². The summed E-state index contributed by atoms with van der Waals surface area (Å²) in [5, 5.41) is 8.14. The fourth-order valence-corrected chi connectivity index (χ4v) is 0.474. The van der Waals surface area contributed by atoms with Gasteiger partial charge in [0, 0.05) is 12.2 Å². The van der Waals surface area contributed by atoms with Crippen molar-refractivity contribution >= 4 is 23.9 Å². The van der Waals surface area contributed by atoms with Crippen molar-refractivity contribution in [2.45, 2.75) is 0 Å². The molecule has 0 saturated carbocycles. The zero-order chi connectivity index (χ0) is 11.8. The van der Waals surface area contributed by atoms with E-state index in [-0.39, 0.29) is 5.96 Å². The average molecular weight is 215 g/mol. The molecule has 0 rings (SSSR count). The van der Waals surface area contributed by atoms with Crippen molar-refractivity contribution in [3.63, 3.8) is 0 Å². The zero-order valence-electron chi connectivity index (χ0n) is 7.54. The van der Waals surface area contributed by atoms with Crippen LogP contribution >= 0.6 is 0 Å². The number of rotatable bonds is 4. The molecular formula is C7H9N3O5. The second kappa shape index (κ2) is 6.13. The summed E-state index contributed by atoms with van der Waals surface area (Å²) in [4.78, 5) is 34.7. The summed E-state index contributed by atoms with van der Waals surface area (Å²) < 4.78 is 4.11. The lowest BCUT2D eigenvalue weighted by Crippen LogP contribution is -2.25. The van der Waals surface area contributed by atoms with Crippen LogP contribution in [0, 0.1) is 0 Å². The van der Waals surface area contributed by atoms with Crippen LogP contribution in [0.15, 0.2) is 17.1 Å². The number of carboxylic acids is 1. The first-order chi connectivity index (χ1) is 6.91. The van der Waals surface area contributed by atoms with Crippen LogP contribution in [0.3, 0.4) is 0 Å². The van der Waals surface area contributed by atoms with Crippen LogP contribution in [0.4, 0.5) is 0 Å². The van der Waals surface area contributed by atoms with E-state index in [1.54, 1.807) is 0 Å². The molecule has 0 saturated heterocycles. The van der Waals surface area contributed by atoms with E-state index >= 15 is 0 Å². The van der Waals surface area contributed by atoms with Crippen LogP contribution in [-0.2, 0) is 19.1 Å². The molecule has 0 bridgehead atoms. The first kappa shape index (κ1) is 12.6. The maximum absolute atomic E-state index is 10.8. The summed E-state index contributed by atoms with van der Waals surface area (Å²) in [6, 6.07) is 0. The molecule has 0 spiro atoms. The average Bonchev–Trinajstić information content (AvgIpc) is 2.11. The molecule has 0 unspecified atom stereocenters. The Bertz CT molecular complexity index is 330. The predicted octanol–water partition coefficient (Wildman–Crippen LogP) is -2.03. The largest absolute Gasteiger partial charge is 0.478 e. The number of ether oxygens (including phenoxy) is 1. The van der Waals surface area contributed by atoms with Gasteiger partial charge in [0.2, 0.25) is 0 Å². The smallest absolute Gasteiger partial charge is 0.338 e. The van der Waals surface area contributed by atoms with Crippen molar-refractivity contribution in [3.05, 3.63) is 12.2 Å². The third-order valence-electron chi connectivity index (χ3n) is 0.967. The SMILES string of the molecule is NC(N)=NCC(=O)OC(=O)/C=C/C(=O)O. The molecule has 0 amide bonds. The lowest BCUT2D eigenvalue weighted by atomic mass is 10.5. The number of hydrogen-bond donors (Lipinski definition) is 3. The monoisotopic (exact) mass is 215 g/mol. The standard InChI is InChI=1S/C7H9N3O5/c8-7(9)10-3-6(14)15-5(13)2-1-4(11)12/h1-2H,3H2,(H,11,12)(H4,8,9,10)/b2-1+. The lowest BCUT2D eigenvalue weighted by Gasteiger charge is -1.96. The van der Waals surface area contributed by atoms with Gasteiger partial charge in [0.05, 0.1) is 0 Å². The Kier molecular flexibility index (Phi) is 5.16. The number of nitrogens with two attached hydrogens (primary N) is 2. The fourth-order valence-electron chi connectivity index (χ4n) is 0.474. The van der Waals surface area contributed by atoms with Crippen LogP contribution in [0.1, 0.15) is 0 Å². The summed E-state index contributed by atoms with van der Waals surface area (Å²) >= 11 is 0. The van der Waals surface area contributed by atoms with E-state index in [9.17, 15) is 14.4 Å². The van der Waals surface area contributed by atoms with Gasteiger partial charge in [-0.05, 0) is 0 Å². The Hall–Kier alpha value is -2.38.